The molecule has 0 unspecified atom stereocenters. The van der Waals surface area contributed by atoms with Crippen molar-refractivity contribution in [1.82, 2.24) is 0 Å². The Labute approximate surface area is 84.5 Å². The van der Waals surface area contributed by atoms with Crippen LogP contribution in [0.1, 0.15) is 25.3 Å². The molecule has 76 valence electrons. The van der Waals surface area contributed by atoms with Crippen molar-refractivity contribution in [3.8, 4) is 11.5 Å². The molecule has 1 aromatic carbocycles. The Balaban J connectivity index is 2.11. The first-order chi connectivity index (χ1) is 6.81. The van der Waals surface area contributed by atoms with Gasteiger partial charge in [0.1, 0.15) is 0 Å². The monoisotopic (exact) mass is 192 g/mol. The van der Waals surface area contributed by atoms with Gasteiger partial charge in [0.2, 0.25) is 0 Å². The molecule has 2 heteroatoms. The molecule has 2 nitrogen and oxygen atoms in total. The zero-order chi connectivity index (χ0) is 9.97. The van der Waals surface area contributed by atoms with Gasteiger partial charge < -0.3 is 9.84 Å². The van der Waals surface area contributed by atoms with E-state index in [1.807, 2.05) is 12.1 Å². The summed E-state index contributed by atoms with van der Waals surface area (Å²) in [4.78, 5) is 0. The van der Waals surface area contributed by atoms with E-state index < -0.39 is 0 Å². The fraction of sp³-hybridized carbons (Fsp3) is 0.500. The number of ether oxygens (including phenoxy) is 1. The molecule has 0 spiro atoms. The van der Waals surface area contributed by atoms with E-state index in [1.165, 1.54) is 12.8 Å². The molecular weight excluding hydrogens is 176 g/mol. The van der Waals surface area contributed by atoms with Crippen molar-refractivity contribution < 1.29 is 9.84 Å². The Morgan fingerprint density at radius 2 is 2.21 bits per heavy atom. The van der Waals surface area contributed by atoms with Gasteiger partial charge in [0.15, 0.2) is 11.5 Å². The predicted octanol–water partition coefficient (Wildman–Crippen LogP) is 2.74. The molecule has 0 radical (unpaired) electrons. The Kier molecular flexibility index (Phi) is 2.62. The number of hydrogen-bond acceptors (Lipinski definition) is 2. The molecule has 0 amide bonds. The van der Waals surface area contributed by atoms with Crippen molar-refractivity contribution in [2.24, 2.45) is 5.92 Å². The molecule has 0 heterocycles. The summed E-state index contributed by atoms with van der Waals surface area (Å²) in [5.41, 5.74) is 1.09. The van der Waals surface area contributed by atoms with Crippen LogP contribution in [0.3, 0.4) is 0 Å². The summed E-state index contributed by atoms with van der Waals surface area (Å²) < 4.78 is 5.63. The normalized spacial score (nSPS) is 15.5. The first-order valence-corrected chi connectivity index (χ1v) is 5.25. The van der Waals surface area contributed by atoms with Gasteiger partial charge in [-0.05, 0) is 36.8 Å². The number of aryl methyl sites for hydroxylation is 1. The van der Waals surface area contributed by atoms with Gasteiger partial charge >= 0.3 is 0 Å². The highest BCUT2D eigenvalue weighted by Gasteiger charge is 2.22. The lowest BCUT2D eigenvalue weighted by Crippen LogP contribution is -2.01. The highest BCUT2D eigenvalue weighted by molar-refractivity contribution is 5.45. The van der Waals surface area contributed by atoms with E-state index in [4.69, 9.17) is 4.74 Å². The minimum absolute atomic E-state index is 0.269. The molecule has 0 aliphatic heterocycles. The Hall–Kier alpha value is -1.18. The van der Waals surface area contributed by atoms with Crippen LogP contribution < -0.4 is 4.74 Å². The van der Waals surface area contributed by atoms with Crippen LogP contribution in [0.25, 0.3) is 0 Å². The molecule has 1 aliphatic carbocycles. The largest absolute Gasteiger partial charge is 0.504 e. The Bertz CT molecular complexity index is 316. The van der Waals surface area contributed by atoms with Crippen molar-refractivity contribution in [3.05, 3.63) is 23.8 Å². The molecule has 0 aromatic heterocycles. The molecule has 14 heavy (non-hydrogen) atoms. The van der Waals surface area contributed by atoms with Gasteiger partial charge in [-0.3, -0.25) is 0 Å². The predicted molar refractivity (Wildman–Crippen MR) is 55.7 cm³/mol. The van der Waals surface area contributed by atoms with Gasteiger partial charge in [-0.2, -0.15) is 0 Å². The maximum absolute atomic E-state index is 9.63. The van der Waals surface area contributed by atoms with Crippen LogP contribution in [0.2, 0.25) is 0 Å². The van der Waals surface area contributed by atoms with Crippen LogP contribution in [-0.2, 0) is 6.42 Å². The van der Waals surface area contributed by atoms with Crippen molar-refractivity contribution in [3.63, 3.8) is 0 Å². The second kappa shape index (κ2) is 3.91. The summed E-state index contributed by atoms with van der Waals surface area (Å²) in [5.74, 6) is 1.67. The molecule has 1 aromatic rings. The van der Waals surface area contributed by atoms with E-state index in [0.29, 0.717) is 5.75 Å². The van der Waals surface area contributed by atoms with Gasteiger partial charge in [0.05, 0.1) is 6.61 Å². The zero-order valence-corrected chi connectivity index (χ0v) is 8.49. The number of phenolic OH excluding ortho intramolecular Hbond substituents is 1. The number of rotatable bonds is 4. The first-order valence-electron chi connectivity index (χ1n) is 5.25. The minimum Gasteiger partial charge on any atom is -0.504 e. The van der Waals surface area contributed by atoms with Crippen LogP contribution in [0.4, 0.5) is 0 Å². The van der Waals surface area contributed by atoms with Crippen molar-refractivity contribution in [2.75, 3.05) is 6.61 Å². The summed E-state index contributed by atoms with van der Waals surface area (Å²) >= 11 is 0. The molecule has 0 saturated heterocycles. The standard InChI is InChI=1S/C12H16O2/c1-2-10-4-3-5-11(13)12(10)14-8-9-6-7-9/h3-5,9,13H,2,6-8H2,1H3. The first kappa shape index (κ1) is 9.38. The topological polar surface area (TPSA) is 29.5 Å². The molecular formula is C12H16O2. The highest BCUT2D eigenvalue weighted by atomic mass is 16.5. The van der Waals surface area contributed by atoms with Crippen molar-refractivity contribution in [1.29, 1.82) is 0 Å². The molecule has 1 N–H and O–H groups in total. The van der Waals surface area contributed by atoms with Gasteiger partial charge in [-0.15, -0.1) is 0 Å². The number of hydrogen-bond donors (Lipinski definition) is 1. The third-order valence-electron chi connectivity index (χ3n) is 2.62. The second-order valence-corrected chi connectivity index (χ2v) is 3.87. The molecule has 1 fully saturated rings. The Morgan fingerprint density at radius 3 is 2.86 bits per heavy atom. The van der Waals surface area contributed by atoms with Crippen LogP contribution in [0.5, 0.6) is 11.5 Å². The van der Waals surface area contributed by atoms with E-state index in [2.05, 4.69) is 6.92 Å². The average molecular weight is 192 g/mol. The van der Waals surface area contributed by atoms with Crippen LogP contribution in [-0.4, -0.2) is 11.7 Å². The van der Waals surface area contributed by atoms with Gasteiger partial charge in [-0.25, -0.2) is 0 Å². The number of benzene rings is 1. The third-order valence-corrected chi connectivity index (χ3v) is 2.62. The smallest absolute Gasteiger partial charge is 0.164 e. The number of phenols is 1. The fourth-order valence-electron chi connectivity index (χ4n) is 1.50. The van der Waals surface area contributed by atoms with E-state index in [-0.39, 0.29) is 5.75 Å². The molecule has 1 aliphatic rings. The van der Waals surface area contributed by atoms with Gasteiger partial charge in [0.25, 0.3) is 0 Å². The van der Waals surface area contributed by atoms with Crippen molar-refractivity contribution in [2.45, 2.75) is 26.2 Å². The average Bonchev–Trinajstić information content (AvgIpc) is 2.99. The van der Waals surface area contributed by atoms with Crippen LogP contribution >= 0.6 is 0 Å². The lowest BCUT2D eigenvalue weighted by atomic mass is 10.1. The summed E-state index contributed by atoms with van der Waals surface area (Å²) in [6.07, 6.45) is 3.44. The lowest BCUT2D eigenvalue weighted by molar-refractivity contribution is 0.281. The van der Waals surface area contributed by atoms with E-state index >= 15 is 0 Å². The summed E-state index contributed by atoms with van der Waals surface area (Å²) in [6.45, 7) is 2.82. The number of para-hydroxylation sites is 1. The Morgan fingerprint density at radius 1 is 1.43 bits per heavy atom. The van der Waals surface area contributed by atoms with Crippen LogP contribution in [0, 0.1) is 5.92 Å². The molecule has 0 bridgehead atoms. The summed E-state index contributed by atoms with van der Waals surface area (Å²) in [7, 11) is 0. The summed E-state index contributed by atoms with van der Waals surface area (Å²) in [6, 6.07) is 5.54. The van der Waals surface area contributed by atoms with E-state index in [9.17, 15) is 5.11 Å². The maximum atomic E-state index is 9.63. The molecule has 1 saturated carbocycles. The van der Waals surface area contributed by atoms with Crippen molar-refractivity contribution >= 4 is 0 Å². The van der Waals surface area contributed by atoms with Gasteiger partial charge in [-0.1, -0.05) is 19.1 Å². The number of aromatic hydroxyl groups is 1. The highest BCUT2D eigenvalue weighted by Crippen LogP contribution is 2.34. The zero-order valence-electron chi connectivity index (χ0n) is 8.49. The maximum Gasteiger partial charge on any atom is 0.164 e. The molecule has 0 atom stereocenters. The second-order valence-electron chi connectivity index (χ2n) is 3.87. The lowest BCUT2D eigenvalue weighted by Gasteiger charge is -2.11. The van der Waals surface area contributed by atoms with Gasteiger partial charge in [0, 0.05) is 0 Å². The van der Waals surface area contributed by atoms with E-state index in [1.54, 1.807) is 6.07 Å². The third kappa shape index (κ3) is 2.00. The molecule has 2 rings (SSSR count). The van der Waals surface area contributed by atoms with Crippen LogP contribution in [0.15, 0.2) is 18.2 Å². The fourth-order valence-corrected chi connectivity index (χ4v) is 1.50. The summed E-state index contributed by atoms with van der Waals surface area (Å²) in [5, 5.41) is 9.63. The van der Waals surface area contributed by atoms with E-state index in [0.717, 1.165) is 24.5 Å². The minimum atomic E-state index is 0.269. The SMILES string of the molecule is CCc1cccc(O)c1OCC1CC1. The quantitative estimate of drug-likeness (QED) is 0.794.